The number of nitrogens with zero attached hydrogens (tertiary/aromatic N) is 2. The van der Waals surface area contributed by atoms with Crippen molar-refractivity contribution < 1.29 is 27.3 Å². The minimum atomic E-state index is -4.05. The molecule has 1 aliphatic rings. The van der Waals surface area contributed by atoms with Crippen molar-refractivity contribution >= 4 is 33.9 Å². The molecule has 8 nitrogen and oxygen atoms in total. The number of sulfonamides is 1. The van der Waals surface area contributed by atoms with Crippen LogP contribution in [0.3, 0.4) is 0 Å². The Morgan fingerprint density at radius 3 is 2.64 bits per heavy atom. The Bertz CT molecular complexity index is 757. The number of methoxy groups -OCH3 is 1. The maximum absolute atomic E-state index is 12.4. The van der Waals surface area contributed by atoms with Crippen LogP contribution < -0.4 is 9.46 Å². The topological polar surface area (TPSA) is 95.8 Å². The zero-order chi connectivity index (χ0) is 16.5. The van der Waals surface area contributed by atoms with Gasteiger partial charge in [0, 0.05) is 6.07 Å². The van der Waals surface area contributed by atoms with Gasteiger partial charge in [-0.3, -0.25) is 4.72 Å². The van der Waals surface area contributed by atoms with Crippen LogP contribution in [0.5, 0.6) is 5.75 Å². The van der Waals surface area contributed by atoms with E-state index in [1.807, 2.05) is 0 Å². The fourth-order valence-electron chi connectivity index (χ4n) is 1.98. The molecule has 1 atom stereocenters. The Balaban J connectivity index is 2.34. The van der Waals surface area contributed by atoms with Gasteiger partial charge in [0.15, 0.2) is 0 Å². The first-order valence-corrected chi connectivity index (χ1v) is 7.86. The molecule has 0 bridgehead atoms. The van der Waals surface area contributed by atoms with Crippen LogP contribution in [0.4, 0.5) is 10.5 Å². The summed E-state index contributed by atoms with van der Waals surface area (Å²) in [6, 6.07) is 5.72. The summed E-state index contributed by atoms with van der Waals surface area (Å²) in [4.78, 5) is 24.4. The quantitative estimate of drug-likeness (QED) is 0.792. The van der Waals surface area contributed by atoms with E-state index in [4.69, 9.17) is 4.74 Å². The molecule has 3 amide bonds. The second kappa shape index (κ2) is 5.76. The van der Waals surface area contributed by atoms with E-state index < -0.39 is 27.2 Å². The number of rotatable bonds is 4. The van der Waals surface area contributed by atoms with Crippen molar-refractivity contribution in [3.05, 3.63) is 24.3 Å². The lowest BCUT2D eigenvalue weighted by atomic mass is 10.3. The molecular weight excluding hydrogens is 310 g/mol. The number of amides is 3. The summed E-state index contributed by atoms with van der Waals surface area (Å²) in [6.07, 6.45) is 1.08. The van der Waals surface area contributed by atoms with Crippen molar-refractivity contribution in [2.75, 3.05) is 25.9 Å². The number of urea groups is 1. The minimum Gasteiger partial charge on any atom is -0.497 e. The summed E-state index contributed by atoms with van der Waals surface area (Å²) in [5.41, 5.74) is 0.266. The molecule has 22 heavy (non-hydrogen) atoms. The number of carbonyl (C=O) groups excluding carboxylic acids is 2. The molecule has 0 saturated carbocycles. The maximum atomic E-state index is 12.4. The van der Waals surface area contributed by atoms with Gasteiger partial charge in [0.05, 0.1) is 26.9 Å². The van der Waals surface area contributed by atoms with E-state index in [2.05, 4.69) is 4.72 Å². The molecule has 0 saturated heterocycles. The average Bonchev–Trinajstić information content (AvgIpc) is 2.48. The second-order valence-electron chi connectivity index (χ2n) is 4.74. The molecule has 1 N–H and O–H groups in total. The number of nitrogens with one attached hydrogen (secondary N) is 1. The molecule has 0 aliphatic carbocycles. The Hall–Kier alpha value is -2.42. The molecule has 1 heterocycles. The summed E-state index contributed by atoms with van der Waals surface area (Å²) < 4.78 is 33.2. The Labute approximate surface area is 128 Å². The molecule has 0 fully saturated rings. The molecule has 1 aromatic rings. The highest BCUT2D eigenvalue weighted by Crippen LogP contribution is 2.19. The van der Waals surface area contributed by atoms with Gasteiger partial charge in [0.1, 0.15) is 12.0 Å². The predicted octanol–water partition coefficient (Wildman–Crippen LogP) is 0.111. The SMILES string of the molecule is COc1cccc(NS(=O)(=O)C2C=[N+](C)C(=O)N(C)C2=O)c1. The number of imide groups is 1. The third kappa shape index (κ3) is 2.93. The summed E-state index contributed by atoms with van der Waals surface area (Å²) in [7, 11) is 0.0404. The van der Waals surface area contributed by atoms with Crippen LogP contribution in [0.1, 0.15) is 0 Å². The van der Waals surface area contributed by atoms with Gasteiger partial charge in [-0.2, -0.15) is 9.69 Å². The van der Waals surface area contributed by atoms with Gasteiger partial charge in [0.25, 0.3) is 10.0 Å². The molecular formula is C13H16N3O5S+. The average molecular weight is 326 g/mol. The largest absolute Gasteiger partial charge is 0.500 e. The van der Waals surface area contributed by atoms with Crippen LogP contribution in [0.25, 0.3) is 0 Å². The lowest BCUT2D eigenvalue weighted by Gasteiger charge is -2.20. The highest BCUT2D eigenvalue weighted by Gasteiger charge is 2.46. The van der Waals surface area contributed by atoms with Crippen LogP contribution >= 0.6 is 0 Å². The van der Waals surface area contributed by atoms with Crippen molar-refractivity contribution in [1.82, 2.24) is 4.90 Å². The maximum Gasteiger partial charge on any atom is 0.500 e. The predicted molar refractivity (Wildman–Crippen MR) is 79.7 cm³/mol. The fourth-order valence-corrected chi connectivity index (χ4v) is 3.33. The minimum absolute atomic E-state index is 0.266. The molecule has 118 valence electrons. The normalized spacial score (nSPS) is 19.0. The lowest BCUT2D eigenvalue weighted by Crippen LogP contribution is -2.54. The van der Waals surface area contributed by atoms with E-state index in [0.29, 0.717) is 5.75 Å². The number of anilines is 1. The third-order valence-corrected chi connectivity index (χ3v) is 4.70. The molecule has 2 rings (SSSR count). The van der Waals surface area contributed by atoms with E-state index in [-0.39, 0.29) is 5.69 Å². The van der Waals surface area contributed by atoms with Crippen LogP contribution in [-0.4, -0.2) is 62.5 Å². The zero-order valence-electron chi connectivity index (χ0n) is 12.3. The van der Waals surface area contributed by atoms with E-state index in [1.165, 1.54) is 33.3 Å². The van der Waals surface area contributed by atoms with Gasteiger partial charge in [-0.25, -0.2) is 17.8 Å². The zero-order valence-corrected chi connectivity index (χ0v) is 13.1. The smallest absolute Gasteiger partial charge is 0.497 e. The van der Waals surface area contributed by atoms with Gasteiger partial charge in [0.2, 0.25) is 5.25 Å². The first-order chi connectivity index (χ1) is 10.3. The summed E-state index contributed by atoms with van der Waals surface area (Å²) >= 11 is 0. The first-order valence-electron chi connectivity index (χ1n) is 6.31. The molecule has 1 aliphatic heterocycles. The fraction of sp³-hybridized carbons (Fsp3) is 0.308. The van der Waals surface area contributed by atoms with Crippen LogP contribution in [0, 0.1) is 0 Å². The van der Waals surface area contributed by atoms with Crippen LogP contribution in [0.15, 0.2) is 24.3 Å². The Kier molecular flexibility index (Phi) is 4.18. The third-order valence-electron chi connectivity index (χ3n) is 3.19. The summed E-state index contributed by atoms with van der Waals surface area (Å²) in [5.74, 6) is -0.331. The van der Waals surface area contributed by atoms with Crippen molar-refractivity contribution in [3.63, 3.8) is 0 Å². The Morgan fingerprint density at radius 1 is 1.32 bits per heavy atom. The standard InChI is InChI=1S/C13H16N3O5S/c1-15-8-11(12(17)16(2)13(15)18)22(19,20)14-9-5-4-6-10(7-9)21-3/h4-8,11,14H,1-3H3/q+1. The highest BCUT2D eigenvalue weighted by atomic mass is 32.2. The first kappa shape index (κ1) is 16.0. The highest BCUT2D eigenvalue weighted by molar-refractivity contribution is 7.94. The van der Waals surface area contributed by atoms with Crippen LogP contribution in [-0.2, 0) is 14.8 Å². The molecule has 1 unspecified atom stereocenters. The van der Waals surface area contributed by atoms with Crippen molar-refractivity contribution in [2.24, 2.45) is 0 Å². The van der Waals surface area contributed by atoms with E-state index in [0.717, 1.165) is 15.7 Å². The molecule has 1 aromatic carbocycles. The number of hydrogen-bond donors (Lipinski definition) is 1. The van der Waals surface area contributed by atoms with Gasteiger partial charge in [-0.05, 0) is 12.1 Å². The van der Waals surface area contributed by atoms with Gasteiger partial charge in [-0.1, -0.05) is 6.07 Å². The lowest BCUT2D eigenvalue weighted by molar-refractivity contribution is -0.399. The van der Waals surface area contributed by atoms with E-state index in [9.17, 15) is 18.0 Å². The number of ether oxygens (including phenoxy) is 1. The summed E-state index contributed by atoms with van der Waals surface area (Å²) in [5, 5.41) is -1.48. The van der Waals surface area contributed by atoms with E-state index in [1.54, 1.807) is 12.1 Å². The molecule has 0 aromatic heterocycles. The summed E-state index contributed by atoms with van der Waals surface area (Å²) in [6.45, 7) is 0. The van der Waals surface area contributed by atoms with Crippen molar-refractivity contribution in [2.45, 2.75) is 5.25 Å². The number of hydrogen-bond acceptors (Lipinski definition) is 5. The van der Waals surface area contributed by atoms with Crippen molar-refractivity contribution in [3.8, 4) is 5.75 Å². The van der Waals surface area contributed by atoms with Gasteiger partial charge < -0.3 is 4.74 Å². The molecule has 0 radical (unpaired) electrons. The number of carbonyl (C=O) groups is 2. The second-order valence-corrected chi connectivity index (χ2v) is 6.54. The van der Waals surface area contributed by atoms with Crippen LogP contribution in [0.2, 0.25) is 0 Å². The molecule has 0 spiro atoms. The van der Waals surface area contributed by atoms with Gasteiger partial charge >= 0.3 is 11.9 Å². The number of benzene rings is 1. The monoisotopic (exact) mass is 326 g/mol. The van der Waals surface area contributed by atoms with E-state index >= 15 is 0 Å². The van der Waals surface area contributed by atoms with Crippen molar-refractivity contribution in [1.29, 1.82) is 0 Å². The Morgan fingerprint density at radius 2 is 2.00 bits per heavy atom. The van der Waals surface area contributed by atoms with Gasteiger partial charge in [-0.15, -0.1) is 0 Å². The molecule has 9 heteroatoms.